The van der Waals surface area contributed by atoms with Crippen molar-refractivity contribution in [2.75, 3.05) is 6.54 Å². The number of thiophene rings is 1. The third-order valence-corrected chi connectivity index (χ3v) is 3.64. The van der Waals surface area contributed by atoms with Crippen LogP contribution in [0.2, 0.25) is 0 Å². The smallest absolute Gasteiger partial charge is 0.252 e. The molecule has 20 heavy (non-hydrogen) atoms. The lowest BCUT2D eigenvalue weighted by atomic mass is 10.0. The van der Waals surface area contributed by atoms with Crippen molar-refractivity contribution in [2.24, 2.45) is 0 Å². The molecule has 0 saturated carbocycles. The number of hydrogen-bond donors (Lipinski definition) is 2. The molecular formula is C15H15NO3S. The molecule has 4 nitrogen and oxygen atoms in total. The second kappa shape index (κ2) is 6.45. The number of aliphatic hydroxyl groups excluding tert-OH is 1. The molecule has 2 rings (SSSR count). The van der Waals surface area contributed by atoms with Gasteiger partial charge in [0.1, 0.15) is 0 Å². The van der Waals surface area contributed by atoms with Crippen LogP contribution in [0.15, 0.2) is 41.1 Å². The van der Waals surface area contributed by atoms with E-state index in [-0.39, 0.29) is 18.2 Å². The van der Waals surface area contributed by atoms with E-state index in [0.717, 1.165) is 5.56 Å². The maximum absolute atomic E-state index is 12.1. The average Bonchev–Trinajstić information content (AvgIpc) is 2.98. The summed E-state index contributed by atoms with van der Waals surface area (Å²) in [6.45, 7) is 1.54. The van der Waals surface area contributed by atoms with Gasteiger partial charge in [-0.3, -0.25) is 9.59 Å². The summed E-state index contributed by atoms with van der Waals surface area (Å²) in [4.78, 5) is 23.5. The molecule has 0 aliphatic rings. The molecular weight excluding hydrogens is 274 g/mol. The van der Waals surface area contributed by atoms with E-state index in [1.165, 1.54) is 18.3 Å². The van der Waals surface area contributed by atoms with E-state index in [1.54, 1.807) is 24.3 Å². The zero-order valence-electron chi connectivity index (χ0n) is 11.0. The van der Waals surface area contributed by atoms with Crippen LogP contribution in [-0.2, 0) is 0 Å². The molecule has 0 bridgehead atoms. The molecule has 0 saturated heterocycles. The van der Waals surface area contributed by atoms with Gasteiger partial charge in [-0.15, -0.1) is 0 Å². The Kier molecular flexibility index (Phi) is 4.65. The largest absolute Gasteiger partial charge is 0.387 e. The van der Waals surface area contributed by atoms with Gasteiger partial charge in [0, 0.05) is 12.1 Å². The molecule has 0 fully saturated rings. The van der Waals surface area contributed by atoms with Crippen LogP contribution in [0.1, 0.15) is 39.3 Å². The summed E-state index contributed by atoms with van der Waals surface area (Å²) in [5.74, 6) is -0.515. The van der Waals surface area contributed by atoms with E-state index in [4.69, 9.17) is 0 Å². The topological polar surface area (TPSA) is 66.4 Å². The first-order valence-electron chi connectivity index (χ1n) is 6.18. The first-order chi connectivity index (χ1) is 9.59. The van der Waals surface area contributed by atoms with Gasteiger partial charge in [-0.2, -0.15) is 11.3 Å². The fraction of sp³-hybridized carbons (Fsp3) is 0.200. The van der Waals surface area contributed by atoms with Gasteiger partial charge in [0.2, 0.25) is 0 Å². The minimum atomic E-state index is -0.741. The van der Waals surface area contributed by atoms with Crippen molar-refractivity contribution in [1.82, 2.24) is 5.32 Å². The maximum Gasteiger partial charge on any atom is 0.252 e. The van der Waals surface area contributed by atoms with E-state index in [2.05, 4.69) is 5.32 Å². The highest BCUT2D eigenvalue weighted by atomic mass is 32.1. The summed E-state index contributed by atoms with van der Waals surface area (Å²) in [5, 5.41) is 16.3. The van der Waals surface area contributed by atoms with Crippen molar-refractivity contribution >= 4 is 23.0 Å². The maximum atomic E-state index is 12.1. The van der Waals surface area contributed by atoms with Crippen LogP contribution in [0.3, 0.4) is 0 Å². The Labute approximate surface area is 121 Å². The van der Waals surface area contributed by atoms with Crippen molar-refractivity contribution in [2.45, 2.75) is 13.0 Å². The number of aliphatic hydroxyl groups is 1. The van der Waals surface area contributed by atoms with E-state index in [0.29, 0.717) is 11.1 Å². The van der Waals surface area contributed by atoms with Gasteiger partial charge in [0.05, 0.1) is 11.7 Å². The quantitative estimate of drug-likeness (QED) is 0.831. The first-order valence-corrected chi connectivity index (χ1v) is 7.12. The monoisotopic (exact) mass is 289 g/mol. The fourth-order valence-electron chi connectivity index (χ4n) is 1.86. The number of ketones is 1. The highest BCUT2D eigenvalue weighted by molar-refractivity contribution is 7.07. The minimum Gasteiger partial charge on any atom is -0.387 e. The number of Topliss-reactive ketones (excluding diaryl/α,β-unsaturated/α-hetero) is 1. The molecule has 104 valence electrons. The summed E-state index contributed by atoms with van der Waals surface area (Å²) in [7, 11) is 0. The van der Waals surface area contributed by atoms with Crippen molar-refractivity contribution < 1.29 is 14.7 Å². The number of rotatable bonds is 5. The number of nitrogens with one attached hydrogen (secondary N) is 1. The van der Waals surface area contributed by atoms with Gasteiger partial charge < -0.3 is 10.4 Å². The van der Waals surface area contributed by atoms with E-state index < -0.39 is 6.10 Å². The zero-order chi connectivity index (χ0) is 14.5. The Balaban J connectivity index is 2.04. The molecule has 0 spiro atoms. The average molecular weight is 289 g/mol. The Morgan fingerprint density at radius 1 is 1.25 bits per heavy atom. The summed E-state index contributed by atoms with van der Waals surface area (Å²) in [6, 6.07) is 8.45. The lowest BCUT2D eigenvalue weighted by Gasteiger charge is -2.12. The number of carbonyl (C=O) groups excluding carboxylic acids is 2. The van der Waals surface area contributed by atoms with Crippen LogP contribution in [0.25, 0.3) is 0 Å². The number of amides is 1. The number of carbonyl (C=O) groups is 2. The summed E-state index contributed by atoms with van der Waals surface area (Å²) in [6.07, 6.45) is -0.741. The molecule has 0 radical (unpaired) electrons. The van der Waals surface area contributed by atoms with Crippen LogP contribution >= 0.6 is 11.3 Å². The molecule has 1 aromatic heterocycles. The number of benzene rings is 1. The highest BCUT2D eigenvalue weighted by Gasteiger charge is 2.15. The van der Waals surface area contributed by atoms with Crippen molar-refractivity contribution in [3.05, 3.63) is 57.8 Å². The molecule has 2 N–H and O–H groups in total. The van der Waals surface area contributed by atoms with Gasteiger partial charge in [-0.1, -0.05) is 18.2 Å². The predicted molar refractivity (Wildman–Crippen MR) is 78.1 cm³/mol. The van der Waals surface area contributed by atoms with Crippen molar-refractivity contribution in [3.63, 3.8) is 0 Å². The molecule has 1 heterocycles. The Bertz CT molecular complexity index is 607. The van der Waals surface area contributed by atoms with Gasteiger partial charge in [0.15, 0.2) is 5.78 Å². The van der Waals surface area contributed by atoms with E-state index >= 15 is 0 Å². The van der Waals surface area contributed by atoms with Gasteiger partial charge in [-0.05, 0) is 35.4 Å². The molecule has 2 aromatic rings. The van der Waals surface area contributed by atoms with Gasteiger partial charge in [-0.25, -0.2) is 0 Å². The third kappa shape index (κ3) is 3.31. The fourth-order valence-corrected chi connectivity index (χ4v) is 2.56. The first kappa shape index (κ1) is 14.4. The second-order valence-electron chi connectivity index (χ2n) is 4.38. The normalized spacial score (nSPS) is 11.9. The van der Waals surface area contributed by atoms with Crippen LogP contribution in [0.5, 0.6) is 0 Å². The highest BCUT2D eigenvalue weighted by Crippen LogP contribution is 2.15. The Morgan fingerprint density at radius 3 is 2.55 bits per heavy atom. The summed E-state index contributed by atoms with van der Waals surface area (Å²) in [5.41, 5.74) is 1.49. The third-order valence-electron chi connectivity index (χ3n) is 2.93. The van der Waals surface area contributed by atoms with Crippen LogP contribution in [-0.4, -0.2) is 23.3 Å². The minimum absolute atomic E-state index is 0.113. The van der Waals surface area contributed by atoms with E-state index in [1.807, 2.05) is 16.8 Å². The summed E-state index contributed by atoms with van der Waals surface area (Å²) >= 11 is 1.49. The van der Waals surface area contributed by atoms with Crippen molar-refractivity contribution in [3.8, 4) is 0 Å². The molecule has 1 aromatic carbocycles. The standard InChI is InChI=1S/C15H15NO3S/c1-10(17)12-4-2-3-5-13(12)15(19)16-8-14(18)11-6-7-20-9-11/h2-7,9,14,18H,8H2,1H3,(H,16,19). The molecule has 0 aliphatic heterocycles. The van der Waals surface area contributed by atoms with Crippen LogP contribution in [0, 0.1) is 0 Å². The van der Waals surface area contributed by atoms with Gasteiger partial charge in [0.25, 0.3) is 5.91 Å². The van der Waals surface area contributed by atoms with Crippen molar-refractivity contribution in [1.29, 1.82) is 0 Å². The predicted octanol–water partition coefficient (Wildman–Crippen LogP) is 2.41. The lowest BCUT2D eigenvalue weighted by Crippen LogP contribution is -2.29. The van der Waals surface area contributed by atoms with Crippen LogP contribution in [0.4, 0.5) is 0 Å². The van der Waals surface area contributed by atoms with Gasteiger partial charge >= 0.3 is 0 Å². The Hall–Kier alpha value is -1.98. The Morgan fingerprint density at radius 2 is 1.95 bits per heavy atom. The van der Waals surface area contributed by atoms with Crippen LogP contribution < -0.4 is 5.32 Å². The lowest BCUT2D eigenvalue weighted by molar-refractivity contribution is 0.0907. The number of hydrogen-bond acceptors (Lipinski definition) is 4. The molecule has 1 unspecified atom stereocenters. The molecule has 1 atom stereocenters. The zero-order valence-corrected chi connectivity index (χ0v) is 11.8. The second-order valence-corrected chi connectivity index (χ2v) is 5.16. The summed E-state index contributed by atoms with van der Waals surface area (Å²) < 4.78 is 0. The molecule has 1 amide bonds. The SMILES string of the molecule is CC(=O)c1ccccc1C(=O)NCC(O)c1ccsc1. The van der Waals surface area contributed by atoms with E-state index in [9.17, 15) is 14.7 Å². The molecule has 5 heteroatoms. The molecule has 0 aliphatic carbocycles.